The van der Waals surface area contributed by atoms with Crippen LogP contribution < -0.4 is 9.64 Å². The highest BCUT2D eigenvalue weighted by Gasteiger charge is 2.37. The van der Waals surface area contributed by atoms with Gasteiger partial charge in [-0.3, -0.25) is 4.79 Å². The van der Waals surface area contributed by atoms with Crippen LogP contribution in [0.5, 0.6) is 5.75 Å². The summed E-state index contributed by atoms with van der Waals surface area (Å²) >= 11 is 0. The largest absolute Gasteiger partial charge is 0.478 e. The molecule has 0 bridgehead atoms. The summed E-state index contributed by atoms with van der Waals surface area (Å²) in [6.07, 6.45) is 2.27. The van der Waals surface area contributed by atoms with E-state index in [0.717, 1.165) is 35.2 Å². The number of carbonyl (C=O) groups is 1. The maximum Gasteiger partial charge on any atom is 0.270 e. The van der Waals surface area contributed by atoms with Crippen molar-refractivity contribution in [2.24, 2.45) is 5.92 Å². The van der Waals surface area contributed by atoms with Crippen LogP contribution in [0.1, 0.15) is 32.3 Å². The number of rotatable bonds is 9. The van der Waals surface area contributed by atoms with Gasteiger partial charge in [0.25, 0.3) is 5.91 Å². The van der Waals surface area contributed by atoms with Gasteiger partial charge >= 0.3 is 0 Å². The molecule has 0 N–H and O–H groups in total. The molecule has 4 nitrogen and oxygen atoms in total. The molecule has 33 heavy (non-hydrogen) atoms. The minimum Gasteiger partial charge on any atom is -0.478 e. The van der Waals surface area contributed by atoms with Crippen LogP contribution in [0.15, 0.2) is 72.8 Å². The normalized spacial score (nSPS) is 13.6. The van der Waals surface area contributed by atoms with Crippen LogP contribution in [0, 0.1) is 11.7 Å². The standard InChI is InChI=1S/C28H30FNO3/c1-28(2,33-26-16-12-24(29)13-17-26)27(31)30(18-20-4-5-20)25-14-10-23(11-15-25)22-8-6-21(7-9-22)19-32-3/h6-17,20H,4-5,18-19H2,1-3H3. The second-order valence-corrected chi connectivity index (χ2v) is 9.10. The molecule has 0 atom stereocenters. The maximum absolute atomic E-state index is 13.6. The highest BCUT2D eigenvalue weighted by Crippen LogP contribution is 2.34. The average Bonchev–Trinajstić information content (AvgIpc) is 3.64. The summed E-state index contributed by atoms with van der Waals surface area (Å²) in [7, 11) is 1.69. The quantitative estimate of drug-likeness (QED) is 0.390. The fraction of sp³-hybridized carbons (Fsp3) is 0.321. The predicted molar refractivity (Wildman–Crippen MR) is 129 cm³/mol. The van der Waals surface area contributed by atoms with Crippen molar-refractivity contribution >= 4 is 11.6 Å². The van der Waals surface area contributed by atoms with Crippen molar-refractivity contribution in [3.63, 3.8) is 0 Å². The van der Waals surface area contributed by atoms with E-state index < -0.39 is 5.60 Å². The fourth-order valence-corrected chi connectivity index (χ4v) is 3.82. The molecule has 0 radical (unpaired) electrons. The minimum atomic E-state index is -1.09. The van der Waals surface area contributed by atoms with Crippen molar-refractivity contribution in [1.82, 2.24) is 0 Å². The van der Waals surface area contributed by atoms with Crippen molar-refractivity contribution in [1.29, 1.82) is 0 Å². The summed E-state index contributed by atoms with van der Waals surface area (Å²) in [5, 5.41) is 0. The lowest BCUT2D eigenvalue weighted by Crippen LogP contribution is -2.49. The Morgan fingerprint density at radius 3 is 2.06 bits per heavy atom. The van der Waals surface area contributed by atoms with Gasteiger partial charge in [0.05, 0.1) is 6.61 Å². The number of nitrogens with zero attached hydrogens (tertiary/aromatic N) is 1. The third-order valence-corrected chi connectivity index (χ3v) is 5.86. The van der Waals surface area contributed by atoms with Gasteiger partial charge in [-0.15, -0.1) is 0 Å². The topological polar surface area (TPSA) is 38.8 Å². The third-order valence-electron chi connectivity index (χ3n) is 5.86. The number of hydrogen-bond acceptors (Lipinski definition) is 3. The molecule has 1 fully saturated rings. The number of halogens is 1. The molecule has 1 saturated carbocycles. The van der Waals surface area contributed by atoms with Crippen molar-refractivity contribution in [3.05, 3.63) is 84.2 Å². The lowest BCUT2D eigenvalue weighted by molar-refractivity contribution is -0.131. The molecule has 3 aromatic carbocycles. The summed E-state index contributed by atoms with van der Waals surface area (Å²) < 4.78 is 24.4. The SMILES string of the molecule is COCc1ccc(-c2ccc(N(CC3CC3)C(=O)C(C)(C)Oc3ccc(F)cc3)cc2)cc1. The first-order valence-corrected chi connectivity index (χ1v) is 11.3. The van der Waals surface area contributed by atoms with Crippen LogP contribution in [0.25, 0.3) is 11.1 Å². The molecule has 0 aromatic heterocycles. The van der Waals surface area contributed by atoms with Gasteiger partial charge < -0.3 is 14.4 Å². The molecule has 5 heteroatoms. The van der Waals surface area contributed by atoms with Gasteiger partial charge in [-0.25, -0.2) is 4.39 Å². The average molecular weight is 448 g/mol. The van der Waals surface area contributed by atoms with Crippen molar-refractivity contribution in [2.45, 2.75) is 38.9 Å². The maximum atomic E-state index is 13.6. The van der Waals surface area contributed by atoms with E-state index in [4.69, 9.17) is 9.47 Å². The van der Waals surface area contributed by atoms with Crippen molar-refractivity contribution < 1.29 is 18.7 Å². The van der Waals surface area contributed by atoms with Crippen LogP contribution >= 0.6 is 0 Å². The Hall–Kier alpha value is -3.18. The molecular formula is C28H30FNO3. The molecule has 172 valence electrons. The van der Waals surface area contributed by atoms with E-state index >= 15 is 0 Å². The Morgan fingerprint density at radius 2 is 1.52 bits per heavy atom. The first kappa shape index (κ1) is 23.0. The first-order valence-electron chi connectivity index (χ1n) is 11.3. The number of amides is 1. The summed E-state index contributed by atoms with van der Waals surface area (Å²) in [5.41, 5.74) is 3.08. The Bertz CT molecular complexity index is 1070. The minimum absolute atomic E-state index is 0.115. The molecule has 1 aliphatic carbocycles. The van der Waals surface area contributed by atoms with E-state index in [2.05, 4.69) is 24.3 Å². The van der Waals surface area contributed by atoms with Crippen LogP contribution in [0.3, 0.4) is 0 Å². The van der Waals surface area contributed by atoms with Gasteiger partial charge in [0, 0.05) is 19.3 Å². The molecule has 0 saturated heterocycles. The lowest BCUT2D eigenvalue weighted by atomic mass is 10.0. The van der Waals surface area contributed by atoms with E-state index in [0.29, 0.717) is 24.8 Å². The molecule has 1 aliphatic rings. The molecule has 0 unspecified atom stereocenters. The van der Waals surface area contributed by atoms with Crippen molar-refractivity contribution in [2.75, 3.05) is 18.6 Å². The first-order chi connectivity index (χ1) is 15.9. The summed E-state index contributed by atoms with van der Waals surface area (Å²) in [4.78, 5) is 15.4. The summed E-state index contributed by atoms with van der Waals surface area (Å²) in [6.45, 7) is 4.77. The number of anilines is 1. The Kier molecular flexibility index (Phi) is 6.80. The van der Waals surface area contributed by atoms with Gasteiger partial charge in [-0.1, -0.05) is 36.4 Å². The zero-order valence-electron chi connectivity index (χ0n) is 19.4. The van der Waals surface area contributed by atoms with E-state index in [1.807, 2.05) is 29.2 Å². The number of benzene rings is 3. The summed E-state index contributed by atoms with van der Waals surface area (Å²) in [5.74, 6) is 0.530. The molecule has 1 amide bonds. The highest BCUT2D eigenvalue weighted by atomic mass is 19.1. The zero-order valence-corrected chi connectivity index (χ0v) is 19.4. The lowest BCUT2D eigenvalue weighted by Gasteiger charge is -2.32. The molecule has 0 spiro atoms. The number of carbonyl (C=O) groups excluding carboxylic acids is 1. The smallest absolute Gasteiger partial charge is 0.270 e. The summed E-state index contributed by atoms with van der Waals surface area (Å²) in [6, 6.07) is 22.1. The zero-order chi connectivity index (χ0) is 23.4. The van der Waals surface area contributed by atoms with Gasteiger partial charge in [0.2, 0.25) is 0 Å². The second kappa shape index (κ2) is 9.75. The van der Waals surface area contributed by atoms with Gasteiger partial charge in [0.1, 0.15) is 11.6 Å². The fourth-order valence-electron chi connectivity index (χ4n) is 3.82. The van der Waals surface area contributed by atoms with E-state index in [1.165, 1.54) is 12.1 Å². The number of hydrogen-bond donors (Lipinski definition) is 0. The van der Waals surface area contributed by atoms with Crippen LogP contribution in [0.2, 0.25) is 0 Å². The predicted octanol–water partition coefficient (Wildman–Crippen LogP) is 6.24. The van der Waals surface area contributed by atoms with Gasteiger partial charge in [-0.05, 0) is 85.7 Å². The van der Waals surface area contributed by atoms with Crippen LogP contribution in [0.4, 0.5) is 10.1 Å². The molecular weight excluding hydrogens is 417 g/mol. The molecule has 0 heterocycles. The molecule has 4 rings (SSSR count). The monoisotopic (exact) mass is 447 g/mol. The number of methoxy groups -OCH3 is 1. The highest BCUT2D eigenvalue weighted by molar-refractivity contribution is 5.99. The Labute approximate surface area is 195 Å². The van der Waals surface area contributed by atoms with E-state index in [1.54, 1.807) is 33.1 Å². The van der Waals surface area contributed by atoms with Crippen LogP contribution in [-0.2, 0) is 16.1 Å². The van der Waals surface area contributed by atoms with Gasteiger partial charge in [0.15, 0.2) is 5.60 Å². The second-order valence-electron chi connectivity index (χ2n) is 9.10. The number of ether oxygens (including phenoxy) is 2. The molecule has 0 aliphatic heterocycles. The third kappa shape index (κ3) is 5.79. The van der Waals surface area contributed by atoms with Crippen LogP contribution in [-0.4, -0.2) is 25.2 Å². The van der Waals surface area contributed by atoms with Gasteiger partial charge in [-0.2, -0.15) is 0 Å². The van der Waals surface area contributed by atoms with E-state index in [-0.39, 0.29) is 11.7 Å². The Morgan fingerprint density at radius 1 is 0.939 bits per heavy atom. The van der Waals surface area contributed by atoms with E-state index in [9.17, 15) is 9.18 Å². The Balaban J connectivity index is 1.53. The van der Waals surface area contributed by atoms with Crippen molar-refractivity contribution in [3.8, 4) is 16.9 Å². The molecule has 3 aromatic rings.